The number of aryl methyl sites for hydroxylation is 3. The zero-order valence-corrected chi connectivity index (χ0v) is 20.5. The molecule has 0 aliphatic heterocycles. The van der Waals surface area contributed by atoms with Gasteiger partial charge in [0.2, 0.25) is 0 Å². The summed E-state index contributed by atoms with van der Waals surface area (Å²) in [5.74, 6) is -0.117. The van der Waals surface area contributed by atoms with E-state index in [0.717, 1.165) is 44.7 Å². The first-order chi connectivity index (χ1) is 16.9. The molecule has 0 aliphatic rings. The lowest BCUT2D eigenvalue weighted by atomic mass is 10.0. The maximum absolute atomic E-state index is 13.4. The Bertz CT molecular complexity index is 1530. The highest BCUT2D eigenvalue weighted by atomic mass is 16.1. The summed E-state index contributed by atoms with van der Waals surface area (Å²) in [6.07, 6.45) is 1.82. The van der Waals surface area contributed by atoms with Gasteiger partial charge in [-0.05, 0) is 63.6 Å². The van der Waals surface area contributed by atoms with Gasteiger partial charge in [-0.3, -0.25) is 4.79 Å². The van der Waals surface area contributed by atoms with Crippen LogP contribution in [0.15, 0.2) is 79.0 Å². The molecule has 35 heavy (non-hydrogen) atoms. The first-order valence-electron chi connectivity index (χ1n) is 11.8. The second-order valence-corrected chi connectivity index (χ2v) is 9.13. The summed E-state index contributed by atoms with van der Waals surface area (Å²) < 4.78 is 1.91. The zero-order chi connectivity index (χ0) is 24.5. The zero-order valence-electron chi connectivity index (χ0n) is 20.5. The lowest BCUT2D eigenvalue weighted by Gasteiger charge is -2.12. The molecule has 0 spiro atoms. The minimum absolute atomic E-state index is 0.117. The number of pyridine rings is 1. The van der Waals surface area contributed by atoms with Crippen LogP contribution in [0.4, 0.5) is 0 Å². The van der Waals surface area contributed by atoms with Crippen molar-refractivity contribution in [1.82, 2.24) is 20.1 Å². The fraction of sp³-hybridized carbons (Fsp3) is 0.167. The van der Waals surface area contributed by atoms with E-state index in [9.17, 15) is 4.79 Å². The van der Waals surface area contributed by atoms with Crippen molar-refractivity contribution in [3.05, 3.63) is 113 Å². The van der Waals surface area contributed by atoms with Crippen LogP contribution in [0.2, 0.25) is 0 Å². The molecule has 0 atom stereocenters. The summed E-state index contributed by atoms with van der Waals surface area (Å²) in [7, 11) is 0. The van der Waals surface area contributed by atoms with Gasteiger partial charge in [0.1, 0.15) is 0 Å². The Morgan fingerprint density at radius 3 is 2.20 bits per heavy atom. The van der Waals surface area contributed by atoms with E-state index < -0.39 is 0 Å². The second-order valence-electron chi connectivity index (χ2n) is 9.13. The number of carbonyl (C=O) groups excluding carboxylic acids is 1. The predicted octanol–water partition coefficient (Wildman–Crippen LogP) is 6.25. The number of fused-ring (bicyclic) bond motifs is 1. The maximum Gasteiger partial charge on any atom is 0.252 e. The first kappa shape index (κ1) is 22.5. The van der Waals surface area contributed by atoms with Crippen LogP contribution in [0, 0.1) is 27.7 Å². The third kappa shape index (κ3) is 4.58. The average molecular weight is 461 g/mol. The molecular weight excluding hydrogens is 432 g/mol. The van der Waals surface area contributed by atoms with Gasteiger partial charge in [-0.1, -0.05) is 59.2 Å². The highest BCUT2D eigenvalue weighted by molar-refractivity contribution is 6.07. The molecule has 3 aromatic carbocycles. The third-order valence-corrected chi connectivity index (χ3v) is 6.35. The Morgan fingerprint density at radius 1 is 0.829 bits per heavy atom. The summed E-state index contributed by atoms with van der Waals surface area (Å²) in [6.45, 7) is 8.64. The Hall–Kier alpha value is -4.25. The highest BCUT2D eigenvalue weighted by Crippen LogP contribution is 2.29. The van der Waals surface area contributed by atoms with Gasteiger partial charge in [0.05, 0.1) is 34.4 Å². The Balaban J connectivity index is 1.54. The molecule has 2 heterocycles. The molecule has 0 saturated carbocycles. The molecule has 5 rings (SSSR count). The van der Waals surface area contributed by atoms with E-state index in [1.165, 1.54) is 11.1 Å². The molecule has 174 valence electrons. The van der Waals surface area contributed by atoms with Crippen LogP contribution in [0.5, 0.6) is 0 Å². The molecule has 5 aromatic rings. The second kappa shape index (κ2) is 9.18. The van der Waals surface area contributed by atoms with Gasteiger partial charge >= 0.3 is 0 Å². The van der Waals surface area contributed by atoms with E-state index in [2.05, 4.69) is 60.7 Å². The summed E-state index contributed by atoms with van der Waals surface area (Å²) >= 11 is 0. The van der Waals surface area contributed by atoms with Crippen LogP contribution in [-0.4, -0.2) is 20.7 Å². The molecule has 0 radical (unpaired) electrons. The van der Waals surface area contributed by atoms with Crippen molar-refractivity contribution >= 4 is 16.8 Å². The van der Waals surface area contributed by atoms with Crippen molar-refractivity contribution in [2.24, 2.45) is 0 Å². The number of carbonyl (C=O) groups is 1. The van der Waals surface area contributed by atoms with Gasteiger partial charge in [-0.25, -0.2) is 9.67 Å². The normalized spacial score (nSPS) is 11.1. The maximum atomic E-state index is 13.4. The third-order valence-electron chi connectivity index (χ3n) is 6.35. The quantitative estimate of drug-likeness (QED) is 0.337. The van der Waals surface area contributed by atoms with Gasteiger partial charge < -0.3 is 5.32 Å². The van der Waals surface area contributed by atoms with Crippen LogP contribution in [0.1, 0.15) is 38.3 Å². The van der Waals surface area contributed by atoms with Gasteiger partial charge in [0.15, 0.2) is 0 Å². The summed E-state index contributed by atoms with van der Waals surface area (Å²) in [5, 5.41) is 8.55. The summed E-state index contributed by atoms with van der Waals surface area (Å²) in [5.41, 5.74) is 9.55. The monoisotopic (exact) mass is 460 g/mol. The van der Waals surface area contributed by atoms with Crippen molar-refractivity contribution in [2.75, 3.05) is 0 Å². The number of benzene rings is 3. The van der Waals surface area contributed by atoms with E-state index >= 15 is 0 Å². The molecule has 1 N–H and O–H groups in total. The molecule has 5 heteroatoms. The number of amides is 1. The number of rotatable bonds is 5. The van der Waals surface area contributed by atoms with Crippen molar-refractivity contribution in [3.63, 3.8) is 0 Å². The fourth-order valence-electron chi connectivity index (χ4n) is 4.26. The van der Waals surface area contributed by atoms with Crippen LogP contribution in [0.3, 0.4) is 0 Å². The minimum atomic E-state index is -0.117. The van der Waals surface area contributed by atoms with Gasteiger partial charge in [0, 0.05) is 17.5 Å². The SMILES string of the molecule is Cc1ccc(CNC(=O)c2cc(-c3cnn(-c4ccc(C)cc4)c3C)nc3ccc(C)cc23)cc1. The molecular formula is C30H28N4O. The summed E-state index contributed by atoms with van der Waals surface area (Å²) in [4.78, 5) is 18.3. The molecule has 0 saturated heterocycles. The minimum Gasteiger partial charge on any atom is -0.348 e. The number of hydrogen-bond donors (Lipinski definition) is 1. The van der Waals surface area contributed by atoms with Crippen LogP contribution in [-0.2, 0) is 6.54 Å². The molecule has 2 aromatic heterocycles. The largest absolute Gasteiger partial charge is 0.348 e. The number of nitrogens with zero attached hydrogens (tertiary/aromatic N) is 3. The topological polar surface area (TPSA) is 59.8 Å². The molecule has 0 aliphatic carbocycles. The van der Waals surface area contributed by atoms with Gasteiger partial charge in [-0.15, -0.1) is 0 Å². The number of aromatic nitrogens is 3. The molecule has 1 amide bonds. The van der Waals surface area contributed by atoms with Crippen molar-refractivity contribution in [1.29, 1.82) is 0 Å². The summed E-state index contributed by atoms with van der Waals surface area (Å²) in [6, 6.07) is 24.4. The lowest BCUT2D eigenvalue weighted by Crippen LogP contribution is -2.23. The molecule has 0 unspecified atom stereocenters. The number of nitrogens with one attached hydrogen (secondary N) is 1. The van der Waals surface area contributed by atoms with Crippen molar-refractivity contribution in [3.8, 4) is 16.9 Å². The molecule has 5 nitrogen and oxygen atoms in total. The van der Waals surface area contributed by atoms with Crippen LogP contribution < -0.4 is 5.32 Å². The average Bonchev–Trinajstić information content (AvgIpc) is 3.24. The Labute approximate surface area is 205 Å². The van der Waals surface area contributed by atoms with Crippen molar-refractivity contribution < 1.29 is 4.79 Å². The van der Waals surface area contributed by atoms with E-state index in [4.69, 9.17) is 4.98 Å². The molecule has 0 bridgehead atoms. The van der Waals surface area contributed by atoms with Gasteiger partial charge in [0.25, 0.3) is 5.91 Å². The van der Waals surface area contributed by atoms with Crippen LogP contribution >= 0.6 is 0 Å². The van der Waals surface area contributed by atoms with Crippen LogP contribution in [0.25, 0.3) is 27.8 Å². The Kier molecular flexibility index (Phi) is 5.91. The lowest BCUT2D eigenvalue weighted by molar-refractivity contribution is 0.0952. The van der Waals surface area contributed by atoms with E-state index in [0.29, 0.717) is 12.1 Å². The highest BCUT2D eigenvalue weighted by Gasteiger charge is 2.17. The first-order valence-corrected chi connectivity index (χ1v) is 11.8. The smallest absolute Gasteiger partial charge is 0.252 e. The predicted molar refractivity (Wildman–Crippen MR) is 141 cm³/mol. The Morgan fingerprint density at radius 2 is 1.49 bits per heavy atom. The number of hydrogen-bond acceptors (Lipinski definition) is 3. The van der Waals surface area contributed by atoms with E-state index in [-0.39, 0.29) is 5.91 Å². The molecule has 0 fully saturated rings. The van der Waals surface area contributed by atoms with E-state index in [1.54, 1.807) is 0 Å². The fourth-order valence-corrected chi connectivity index (χ4v) is 4.26. The van der Waals surface area contributed by atoms with Crippen molar-refractivity contribution in [2.45, 2.75) is 34.2 Å². The van der Waals surface area contributed by atoms with Gasteiger partial charge in [-0.2, -0.15) is 5.10 Å². The van der Waals surface area contributed by atoms with E-state index in [1.807, 2.05) is 61.1 Å². The standard InChI is InChI=1S/C30H28N4O/c1-19-5-10-23(11-6-19)17-31-30(35)26-16-29(33-28-14-9-21(3)15-25(26)28)27-18-32-34(22(27)4)24-12-7-20(2)8-13-24/h5-16,18H,17H2,1-4H3,(H,31,35).